The number of hydrogen-bond donors (Lipinski definition) is 2. The Balaban J connectivity index is 2.13. The van der Waals surface area contributed by atoms with Gasteiger partial charge in [-0.15, -0.1) is 0 Å². The second-order valence-corrected chi connectivity index (χ2v) is 5.34. The van der Waals surface area contributed by atoms with Gasteiger partial charge in [0.15, 0.2) is 5.96 Å². The van der Waals surface area contributed by atoms with Crippen molar-refractivity contribution in [2.75, 3.05) is 19.7 Å². The lowest BCUT2D eigenvalue weighted by Gasteiger charge is -2.09. The molecule has 0 saturated carbocycles. The minimum absolute atomic E-state index is 0.529. The molecule has 0 amide bonds. The lowest BCUT2D eigenvalue weighted by atomic mass is 10.1. The van der Waals surface area contributed by atoms with E-state index in [4.69, 9.17) is 10.5 Å². The zero-order valence-electron chi connectivity index (χ0n) is 12.9. The molecule has 0 radical (unpaired) electrons. The van der Waals surface area contributed by atoms with Gasteiger partial charge in [0.1, 0.15) is 5.75 Å². The first-order valence-electron chi connectivity index (χ1n) is 7.32. The lowest BCUT2D eigenvalue weighted by Crippen LogP contribution is -2.33. The highest BCUT2D eigenvalue weighted by Gasteiger charge is 1.97. The second kappa shape index (κ2) is 9.23. The number of nitrogens with zero attached hydrogens (tertiary/aromatic N) is 1. The quantitative estimate of drug-likeness (QED) is 0.436. The summed E-state index contributed by atoms with van der Waals surface area (Å²) in [6.45, 7) is 8.66. The Morgan fingerprint density at radius 2 is 2.10 bits per heavy atom. The highest BCUT2D eigenvalue weighted by molar-refractivity contribution is 5.77. The third kappa shape index (κ3) is 7.02. The highest BCUT2D eigenvalue weighted by atomic mass is 16.5. The molecule has 0 unspecified atom stereocenters. The standard InChI is InChI=1S/C16H27N3O/c1-13(2)9-11-19-16(17)18-10-6-12-20-15-8-5-4-7-14(15)3/h4-5,7-8,13H,6,9-12H2,1-3H3,(H3,17,18,19). The number of hydrogen-bond acceptors (Lipinski definition) is 2. The van der Waals surface area contributed by atoms with Crippen molar-refractivity contribution in [2.24, 2.45) is 16.6 Å². The Hall–Kier alpha value is -1.71. The van der Waals surface area contributed by atoms with Crippen LogP contribution in [0.1, 0.15) is 32.3 Å². The molecule has 0 fully saturated rings. The molecular weight excluding hydrogens is 250 g/mol. The summed E-state index contributed by atoms with van der Waals surface area (Å²) in [5, 5.41) is 3.12. The number of nitrogens with two attached hydrogens (primary N) is 1. The molecule has 20 heavy (non-hydrogen) atoms. The molecule has 4 heteroatoms. The first-order chi connectivity index (χ1) is 9.59. The van der Waals surface area contributed by atoms with Crippen molar-refractivity contribution >= 4 is 5.96 Å². The Labute approximate surface area is 122 Å². The average Bonchev–Trinajstić information content (AvgIpc) is 2.40. The number of rotatable bonds is 8. The average molecular weight is 277 g/mol. The van der Waals surface area contributed by atoms with Crippen molar-refractivity contribution in [3.05, 3.63) is 29.8 Å². The van der Waals surface area contributed by atoms with Crippen LogP contribution in [0.5, 0.6) is 5.75 Å². The molecule has 112 valence electrons. The van der Waals surface area contributed by atoms with Crippen LogP contribution in [0.3, 0.4) is 0 Å². The summed E-state index contributed by atoms with van der Waals surface area (Å²) in [6.07, 6.45) is 1.97. The van der Waals surface area contributed by atoms with Gasteiger partial charge in [-0.25, -0.2) is 0 Å². The second-order valence-electron chi connectivity index (χ2n) is 5.34. The summed E-state index contributed by atoms with van der Waals surface area (Å²) < 4.78 is 5.70. The van der Waals surface area contributed by atoms with E-state index in [1.807, 2.05) is 31.2 Å². The van der Waals surface area contributed by atoms with Crippen molar-refractivity contribution in [2.45, 2.75) is 33.6 Å². The molecule has 0 aliphatic carbocycles. The lowest BCUT2D eigenvalue weighted by molar-refractivity contribution is 0.311. The maximum absolute atomic E-state index is 5.78. The SMILES string of the molecule is Cc1ccccc1OCCCN=C(N)NCCC(C)C. The van der Waals surface area contributed by atoms with Crippen LogP contribution in [0.2, 0.25) is 0 Å². The molecule has 1 aromatic rings. The highest BCUT2D eigenvalue weighted by Crippen LogP contribution is 2.15. The summed E-state index contributed by atoms with van der Waals surface area (Å²) in [5.74, 6) is 2.15. The van der Waals surface area contributed by atoms with Crippen molar-refractivity contribution in [3.8, 4) is 5.75 Å². The molecule has 0 bridgehead atoms. The molecule has 0 aromatic heterocycles. The molecule has 0 saturated heterocycles. The van der Waals surface area contributed by atoms with Gasteiger partial charge >= 0.3 is 0 Å². The first-order valence-corrected chi connectivity index (χ1v) is 7.32. The smallest absolute Gasteiger partial charge is 0.188 e. The third-order valence-corrected chi connectivity index (χ3v) is 2.96. The topological polar surface area (TPSA) is 59.6 Å². The normalized spacial score (nSPS) is 11.7. The van der Waals surface area contributed by atoms with Crippen molar-refractivity contribution in [3.63, 3.8) is 0 Å². The van der Waals surface area contributed by atoms with Crippen molar-refractivity contribution < 1.29 is 4.74 Å². The number of nitrogens with one attached hydrogen (secondary N) is 1. The van der Waals surface area contributed by atoms with Crippen LogP contribution in [0.4, 0.5) is 0 Å². The Kier molecular flexibility index (Phi) is 7.55. The van der Waals surface area contributed by atoms with E-state index in [2.05, 4.69) is 24.2 Å². The van der Waals surface area contributed by atoms with Crippen LogP contribution in [-0.4, -0.2) is 25.7 Å². The summed E-state index contributed by atoms with van der Waals surface area (Å²) in [4.78, 5) is 4.28. The number of para-hydroxylation sites is 1. The van der Waals surface area contributed by atoms with Crippen molar-refractivity contribution in [1.82, 2.24) is 5.32 Å². The predicted octanol–water partition coefficient (Wildman–Crippen LogP) is 2.71. The monoisotopic (exact) mass is 277 g/mol. The molecule has 0 aliphatic rings. The summed E-state index contributed by atoms with van der Waals surface area (Å²) in [5.41, 5.74) is 6.93. The first kappa shape index (κ1) is 16.3. The van der Waals surface area contributed by atoms with Crippen LogP contribution in [0, 0.1) is 12.8 Å². The van der Waals surface area contributed by atoms with Gasteiger partial charge in [0.05, 0.1) is 6.61 Å². The summed E-state index contributed by atoms with van der Waals surface area (Å²) in [6, 6.07) is 8.03. The number of ether oxygens (including phenoxy) is 1. The molecular formula is C16H27N3O. The van der Waals surface area contributed by atoms with Crippen LogP contribution in [0.25, 0.3) is 0 Å². The summed E-state index contributed by atoms with van der Waals surface area (Å²) >= 11 is 0. The van der Waals surface area contributed by atoms with E-state index in [1.54, 1.807) is 0 Å². The minimum Gasteiger partial charge on any atom is -0.493 e. The molecule has 1 rings (SSSR count). The van der Waals surface area contributed by atoms with E-state index >= 15 is 0 Å². The largest absolute Gasteiger partial charge is 0.493 e. The Morgan fingerprint density at radius 1 is 1.35 bits per heavy atom. The molecule has 0 spiro atoms. The van der Waals surface area contributed by atoms with E-state index in [-0.39, 0.29) is 0 Å². The van der Waals surface area contributed by atoms with E-state index in [0.29, 0.717) is 25.0 Å². The predicted molar refractivity (Wildman–Crippen MR) is 85.2 cm³/mol. The van der Waals surface area contributed by atoms with Crippen LogP contribution < -0.4 is 15.8 Å². The van der Waals surface area contributed by atoms with Gasteiger partial charge in [-0.3, -0.25) is 4.99 Å². The van der Waals surface area contributed by atoms with Gasteiger partial charge < -0.3 is 15.8 Å². The fourth-order valence-corrected chi connectivity index (χ4v) is 1.71. The van der Waals surface area contributed by atoms with Gasteiger partial charge in [0, 0.05) is 19.5 Å². The molecule has 3 N–H and O–H groups in total. The number of guanidine groups is 1. The maximum Gasteiger partial charge on any atom is 0.188 e. The molecule has 0 heterocycles. The van der Waals surface area contributed by atoms with Gasteiger partial charge in [-0.1, -0.05) is 32.0 Å². The molecule has 0 aliphatic heterocycles. The van der Waals surface area contributed by atoms with Gasteiger partial charge in [0.25, 0.3) is 0 Å². The van der Waals surface area contributed by atoms with E-state index in [0.717, 1.165) is 30.7 Å². The summed E-state index contributed by atoms with van der Waals surface area (Å²) in [7, 11) is 0. The Bertz CT molecular complexity index is 416. The number of aliphatic imine (C=N–C) groups is 1. The van der Waals surface area contributed by atoms with Crippen LogP contribution in [0.15, 0.2) is 29.3 Å². The zero-order chi connectivity index (χ0) is 14.8. The van der Waals surface area contributed by atoms with Crippen LogP contribution in [-0.2, 0) is 0 Å². The van der Waals surface area contributed by atoms with Gasteiger partial charge in [-0.05, 0) is 30.9 Å². The molecule has 1 aromatic carbocycles. The fourth-order valence-electron chi connectivity index (χ4n) is 1.71. The molecule has 0 atom stereocenters. The number of aryl methyl sites for hydroxylation is 1. The van der Waals surface area contributed by atoms with E-state index in [9.17, 15) is 0 Å². The van der Waals surface area contributed by atoms with Crippen LogP contribution >= 0.6 is 0 Å². The fraction of sp³-hybridized carbons (Fsp3) is 0.562. The van der Waals surface area contributed by atoms with E-state index in [1.165, 1.54) is 0 Å². The van der Waals surface area contributed by atoms with Crippen molar-refractivity contribution in [1.29, 1.82) is 0 Å². The minimum atomic E-state index is 0.529. The Morgan fingerprint density at radius 3 is 2.80 bits per heavy atom. The third-order valence-electron chi connectivity index (χ3n) is 2.96. The maximum atomic E-state index is 5.78. The van der Waals surface area contributed by atoms with Gasteiger partial charge in [0.2, 0.25) is 0 Å². The van der Waals surface area contributed by atoms with E-state index < -0.39 is 0 Å². The number of benzene rings is 1. The van der Waals surface area contributed by atoms with Gasteiger partial charge in [-0.2, -0.15) is 0 Å². The molecule has 4 nitrogen and oxygen atoms in total. The zero-order valence-corrected chi connectivity index (χ0v) is 12.9.